The van der Waals surface area contributed by atoms with Crippen LogP contribution < -0.4 is 5.73 Å². The molecule has 2 N–H and O–H groups in total. The third-order valence-electron chi connectivity index (χ3n) is 1.82. The van der Waals surface area contributed by atoms with E-state index in [0.29, 0.717) is 0 Å². The van der Waals surface area contributed by atoms with Crippen molar-refractivity contribution < 1.29 is 14.2 Å². The van der Waals surface area contributed by atoms with Gasteiger partial charge in [0.05, 0.1) is 9.85 Å². The molecule has 0 bridgehead atoms. The van der Waals surface area contributed by atoms with Crippen molar-refractivity contribution in [3.63, 3.8) is 0 Å². The Kier molecular flexibility index (Phi) is 2.51. The molecule has 0 aliphatic heterocycles. The second-order valence-electron chi connectivity index (χ2n) is 2.80. The summed E-state index contributed by atoms with van der Waals surface area (Å²) < 4.78 is 13.2. The Bertz CT molecular complexity index is 460. The molecule has 0 saturated heterocycles. The first-order valence-corrected chi connectivity index (χ1v) is 3.73. The van der Waals surface area contributed by atoms with Gasteiger partial charge in [-0.05, 0) is 12.5 Å². The molecule has 1 aromatic carbocycles. The van der Waals surface area contributed by atoms with Crippen molar-refractivity contribution in [1.29, 1.82) is 0 Å². The van der Waals surface area contributed by atoms with Crippen LogP contribution in [0.3, 0.4) is 0 Å². The molecule has 0 radical (unpaired) electrons. The molecular weight excluding hydrogens is 209 g/mol. The minimum atomic E-state index is -1.15. The van der Waals surface area contributed by atoms with Crippen LogP contribution in [-0.2, 0) is 0 Å². The van der Waals surface area contributed by atoms with Crippen LogP contribution in [0.2, 0.25) is 0 Å². The molecule has 0 aliphatic carbocycles. The van der Waals surface area contributed by atoms with Gasteiger partial charge in [0.2, 0.25) is 5.82 Å². The number of nitro benzene ring substituents is 2. The number of halogens is 1. The summed E-state index contributed by atoms with van der Waals surface area (Å²) in [7, 11) is 0. The lowest BCUT2D eigenvalue weighted by Crippen LogP contribution is -2.04. The van der Waals surface area contributed by atoms with E-state index >= 15 is 0 Å². The largest absolute Gasteiger partial charge is 0.387 e. The SMILES string of the molecule is Cc1cc([N+](=O)[O-])c(N)c([N+](=O)[O-])c1F. The lowest BCUT2D eigenvalue weighted by atomic mass is 10.1. The van der Waals surface area contributed by atoms with Crippen LogP contribution in [0.25, 0.3) is 0 Å². The van der Waals surface area contributed by atoms with Crippen LogP contribution in [0.15, 0.2) is 6.07 Å². The number of benzene rings is 1. The van der Waals surface area contributed by atoms with Crippen molar-refractivity contribution in [2.45, 2.75) is 6.92 Å². The highest BCUT2D eigenvalue weighted by molar-refractivity contribution is 5.72. The molecule has 8 heteroatoms. The maximum Gasteiger partial charge on any atom is 0.334 e. The lowest BCUT2D eigenvalue weighted by molar-refractivity contribution is -0.394. The van der Waals surface area contributed by atoms with Gasteiger partial charge in [0.15, 0.2) is 5.69 Å². The highest BCUT2D eigenvalue weighted by Crippen LogP contribution is 2.35. The summed E-state index contributed by atoms with van der Waals surface area (Å²) in [4.78, 5) is 18.9. The molecule has 7 nitrogen and oxygen atoms in total. The van der Waals surface area contributed by atoms with E-state index in [-0.39, 0.29) is 5.56 Å². The molecule has 1 rings (SSSR count). The Labute approximate surface area is 82.6 Å². The molecule has 0 amide bonds. The molecule has 15 heavy (non-hydrogen) atoms. The first-order chi connectivity index (χ1) is 6.86. The van der Waals surface area contributed by atoms with Crippen LogP contribution in [0, 0.1) is 33.0 Å². The van der Waals surface area contributed by atoms with Gasteiger partial charge in [-0.3, -0.25) is 20.2 Å². The zero-order valence-corrected chi connectivity index (χ0v) is 7.56. The smallest absolute Gasteiger partial charge is 0.334 e. The number of nitrogens with zero attached hydrogens (tertiary/aromatic N) is 2. The third-order valence-corrected chi connectivity index (χ3v) is 1.82. The molecule has 80 valence electrons. The maximum atomic E-state index is 13.2. The van der Waals surface area contributed by atoms with Crippen molar-refractivity contribution in [3.05, 3.63) is 37.7 Å². The normalized spacial score (nSPS) is 10.0. The monoisotopic (exact) mass is 215 g/mol. The maximum absolute atomic E-state index is 13.2. The van der Waals surface area contributed by atoms with Crippen molar-refractivity contribution >= 4 is 17.1 Å². The Morgan fingerprint density at radius 3 is 2.27 bits per heavy atom. The minimum absolute atomic E-state index is 0.192. The third kappa shape index (κ3) is 1.68. The predicted octanol–water partition coefficient (Wildman–Crippen LogP) is 1.53. The summed E-state index contributed by atoms with van der Waals surface area (Å²) in [6.07, 6.45) is 0. The predicted molar refractivity (Wildman–Crippen MR) is 48.9 cm³/mol. The molecule has 0 aromatic heterocycles. The van der Waals surface area contributed by atoms with E-state index in [1.54, 1.807) is 0 Å². The first-order valence-electron chi connectivity index (χ1n) is 3.73. The minimum Gasteiger partial charge on any atom is -0.387 e. The van der Waals surface area contributed by atoms with E-state index in [9.17, 15) is 24.6 Å². The average Bonchev–Trinajstić information content (AvgIpc) is 2.10. The fourth-order valence-corrected chi connectivity index (χ4v) is 1.10. The van der Waals surface area contributed by atoms with Crippen LogP contribution in [0.1, 0.15) is 5.56 Å². The second kappa shape index (κ2) is 3.48. The summed E-state index contributed by atoms with van der Waals surface area (Å²) in [6.45, 7) is 1.19. The van der Waals surface area contributed by atoms with Gasteiger partial charge >= 0.3 is 5.69 Å². The number of hydrogen-bond acceptors (Lipinski definition) is 5. The lowest BCUT2D eigenvalue weighted by Gasteiger charge is -2.02. The highest BCUT2D eigenvalue weighted by atomic mass is 19.1. The number of nitro groups is 2. The van der Waals surface area contributed by atoms with E-state index in [1.165, 1.54) is 6.92 Å². The number of aryl methyl sites for hydroxylation is 1. The van der Waals surface area contributed by atoms with Crippen LogP contribution >= 0.6 is 0 Å². The van der Waals surface area contributed by atoms with Gasteiger partial charge < -0.3 is 5.73 Å². The molecule has 0 atom stereocenters. The molecule has 0 saturated carbocycles. The Balaban J connectivity index is 3.63. The number of nitrogens with two attached hydrogens (primary N) is 1. The number of hydrogen-bond donors (Lipinski definition) is 1. The number of rotatable bonds is 2. The van der Waals surface area contributed by atoms with Gasteiger partial charge in [-0.1, -0.05) is 0 Å². The van der Waals surface area contributed by atoms with Crippen molar-refractivity contribution in [2.75, 3.05) is 5.73 Å². The van der Waals surface area contributed by atoms with Gasteiger partial charge in [0, 0.05) is 6.07 Å². The van der Waals surface area contributed by atoms with Gasteiger partial charge in [-0.25, -0.2) is 0 Å². The van der Waals surface area contributed by atoms with E-state index < -0.39 is 32.7 Å². The zero-order chi connectivity index (χ0) is 11.7. The van der Waals surface area contributed by atoms with Gasteiger partial charge in [0.25, 0.3) is 5.69 Å². The Morgan fingerprint density at radius 2 is 1.87 bits per heavy atom. The first kappa shape index (κ1) is 10.8. The fraction of sp³-hybridized carbons (Fsp3) is 0.143. The summed E-state index contributed by atoms with van der Waals surface area (Å²) in [6, 6.07) is 0.859. The van der Waals surface area contributed by atoms with E-state index in [2.05, 4.69) is 0 Å². The van der Waals surface area contributed by atoms with Crippen molar-refractivity contribution in [1.82, 2.24) is 0 Å². The summed E-state index contributed by atoms with van der Waals surface area (Å²) in [5, 5.41) is 20.9. The molecule has 1 aromatic rings. The standard InChI is InChI=1S/C7H6FN3O4/c1-3-2-4(10(12)13)6(9)7(5(3)8)11(14)15/h2H,9H2,1H3. The Morgan fingerprint density at radius 1 is 1.33 bits per heavy atom. The van der Waals surface area contributed by atoms with Crippen LogP contribution in [-0.4, -0.2) is 9.85 Å². The van der Waals surface area contributed by atoms with Crippen molar-refractivity contribution in [2.24, 2.45) is 0 Å². The second-order valence-corrected chi connectivity index (χ2v) is 2.80. The summed E-state index contributed by atoms with van der Waals surface area (Å²) in [5.74, 6) is -1.15. The Hall–Kier alpha value is -2.25. The van der Waals surface area contributed by atoms with E-state index in [4.69, 9.17) is 5.73 Å². The number of anilines is 1. The topological polar surface area (TPSA) is 112 Å². The fourth-order valence-electron chi connectivity index (χ4n) is 1.10. The highest BCUT2D eigenvalue weighted by Gasteiger charge is 2.29. The average molecular weight is 215 g/mol. The quantitative estimate of drug-likeness (QED) is 0.456. The van der Waals surface area contributed by atoms with E-state index in [0.717, 1.165) is 6.07 Å². The molecule has 0 unspecified atom stereocenters. The molecule has 0 fully saturated rings. The zero-order valence-electron chi connectivity index (χ0n) is 7.56. The molecule has 0 spiro atoms. The van der Waals surface area contributed by atoms with Gasteiger partial charge in [0.1, 0.15) is 0 Å². The van der Waals surface area contributed by atoms with Gasteiger partial charge in [-0.2, -0.15) is 4.39 Å². The van der Waals surface area contributed by atoms with Crippen molar-refractivity contribution in [3.8, 4) is 0 Å². The summed E-state index contributed by atoms with van der Waals surface area (Å²) >= 11 is 0. The number of nitrogen functional groups attached to an aromatic ring is 1. The van der Waals surface area contributed by atoms with Gasteiger partial charge in [-0.15, -0.1) is 0 Å². The molecule has 0 aliphatic rings. The van der Waals surface area contributed by atoms with E-state index in [1.807, 2.05) is 0 Å². The summed E-state index contributed by atoms with van der Waals surface area (Å²) in [5.41, 5.74) is 2.45. The molecule has 0 heterocycles. The molecular formula is C7H6FN3O4. The van der Waals surface area contributed by atoms with Crippen LogP contribution in [0.4, 0.5) is 21.5 Å². The van der Waals surface area contributed by atoms with Crippen LogP contribution in [0.5, 0.6) is 0 Å².